The first-order valence-corrected chi connectivity index (χ1v) is 7.92. The minimum absolute atomic E-state index is 0.0530. The minimum atomic E-state index is -0.196. The van der Waals surface area contributed by atoms with Crippen LogP contribution in [0, 0.1) is 0 Å². The van der Waals surface area contributed by atoms with Gasteiger partial charge in [0.05, 0.1) is 12.6 Å². The van der Waals surface area contributed by atoms with Crippen LogP contribution in [0.5, 0.6) is 5.75 Å². The molecule has 2 atom stereocenters. The number of amides is 1. The third-order valence-corrected chi connectivity index (χ3v) is 3.47. The molecule has 0 spiro atoms. The highest BCUT2D eigenvalue weighted by Crippen LogP contribution is 2.24. The summed E-state index contributed by atoms with van der Waals surface area (Å²) >= 11 is 0. The van der Waals surface area contributed by atoms with Gasteiger partial charge in [-0.15, -0.1) is 0 Å². The van der Waals surface area contributed by atoms with Crippen molar-refractivity contribution in [1.82, 2.24) is 5.32 Å². The topological polar surface area (TPSA) is 64.3 Å². The first-order valence-electron chi connectivity index (χ1n) is 7.92. The molecule has 4 nitrogen and oxygen atoms in total. The summed E-state index contributed by atoms with van der Waals surface area (Å²) in [5, 5.41) is 3.07. The first kappa shape index (κ1) is 17.0. The molecule has 2 aromatic carbocycles. The first-order chi connectivity index (χ1) is 11.1. The van der Waals surface area contributed by atoms with Gasteiger partial charge < -0.3 is 15.8 Å². The Morgan fingerprint density at radius 1 is 1.09 bits per heavy atom. The lowest BCUT2D eigenvalue weighted by molar-refractivity contribution is -0.121. The zero-order valence-corrected chi connectivity index (χ0v) is 13.7. The molecule has 0 aromatic heterocycles. The summed E-state index contributed by atoms with van der Waals surface area (Å²) in [4.78, 5) is 12.2. The van der Waals surface area contributed by atoms with Crippen LogP contribution in [-0.4, -0.2) is 18.6 Å². The van der Waals surface area contributed by atoms with Crippen molar-refractivity contribution < 1.29 is 9.53 Å². The standard InChI is InChI=1S/C19H24N2O2/c1-3-23-17-11-9-16(10-12-17)19(15-7-5-4-6-8-15)21-18(22)13-14(2)20/h4-12,14,19H,3,13,20H2,1-2H3,(H,21,22). The Bertz CT molecular complexity index is 609. The number of hydrogen-bond donors (Lipinski definition) is 2. The number of nitrogens with one attached hydrogen (secondary N) is 1. The van der Waals surface area contributed by atoms with Gasteiger partial charge in [-0.2, -0.15) is 0 Å². The molecule has 0 saturated carbocycles. The van der Waals surface area contributed by atoms with Crippen molar-refractivity contribution in [2.24, 2.45) is 5.73 Å². The molecule has 3 N–H and O–H groups in total. The van der Waals surface area contributed by atoms with Crippen molar-refractivity contribution in [1.29, 1.82) is 0 Å². The molecule has 0 fully saturated rings. The summed E-state index contributed by atoms with van der Waals surface area (Å²) in [6, 6.07) is 17.4. The fourth-order valence-corrected chi connectivity index (χ4v) is 2.44. The van der Waals surface area contributed by atoms with Gasteiger partial charge in [0.15, 0.2) is 0 Å². The predicted octanol–water partition coefficient (Wildman–Crippen LogP) is 3.03. The Kier molecular flexibility index (Phi) is 6.18. The molecule has 23 heavy (non-hydrogen) atoms. The molecule has 0 bridgehead atoms. The van der Waals surface area contributed by atoms with Crippen molar-refractivity contribution in [3.63, 3.8) is 0 Å². The molecular weight excluding hydrogens is 288 g/mol. The smallest absolute Gasteiger partial charge is 0.222 e. The van der Waals surface area contributed by atoms with E-state index in [9.17, 15) is 4.79 Å². The molecule has 0 saturated heterocycles. The SMILES string of the molecule is CCOc1ccc(C(NC(=O)CC(C)N)c2ccccc2)cc1. The molecule has 2 unspecified atom stereocenters. The average Bonchev–Trinajstić information content (AvgIpc) is 2.54. The second-order valence-corrected chi connectivity index (χ2v) is 5.59. The maximum atomic E-state index is 12.2. The molecule has 4 heteroatoms. The van der Waals surface area contributed by atoms with Crippen LogP contribution >= 0.6 is 0 Å². The van der Waals surface area contributed by atoms with Crippen LogP contribution < -0.4 is 15.8 Å². The quantitative estimate of drug-likeness (QED) is 0.826. The lowest BCUT2D eigenvalue weighted by Gasteiger charge is -2.21. The summed E-state index contributed by atoms with van der Waals surface area (Å²) in [5.74, 6) is 0.771. The molecule has 122 valence electrons. The van der Waals surface area contributed by atoms with Crippen molar-refractivity contribution in [2.75, 3.05) is 6.61 Å². The normalized spacial score (nSPS) is 13.2. The molecule has 2 aromatic rings. The van der Waals surface area contributed by atoms with Crippen molar-refractivity contribution in [3.8, 4) is 5.75 Å². The van der Waals surface area contributed by atoms with E-state index in [0.717, 1.165) is 16.9 Å². The maximum absolute atomic E-state index is 12.2. The van der Waals surface area contributed by atoms with Gasteiger partial charge in [-0.05, 0) is 37.1 Å². The van der Waals surface area contributed by atoms with E-state index in [1.807, 2.05) is 68.4 Å². The highest BCUT2D eigenvalue weighted by Gasteiger charge is 2.17. The van der Waals surface area contributed by atoms with E-state index in [4.69, 9.17) is 10.5 Å². The molecule has 0 aliphatic heterocycles. The third-order valence-electron chi connectivity index (χ3n) is 3.47. The lowest BCUT2D eigenvalue weighted by Crippen LogP contribution is -2.33. The fraction of sp³-hybridized carbons (Fsp3) is 0.316. The maximum Gasteiger partial charge on any atom is 0.222 e. The number of hydrogen-bond acceptors (Lipinski definition) is 3. The highest BCUT2D eigenvalue weighted by molar-refractivity contribution is 5.77. The summed E-state index contributed by atoms with van der Waals surface area (Å²) in [6.07, 6.45) is 0.306. The molecular formula is C19H24N2O2. The van der Waals surface area contributed by atoms with Crippen LogP contribution in [0.4, 0.5) is 0 Å². The largest absolute Gasteiger partial charge is 0.494 e. The minimum Gasteiger partial charge on any atom is -0.494 e. The number of nitrogens with two attached hydrogens (primary N) is 1. The van der Waals surface area contributed by atoms with E-state index in [-0.39, 0.29) is 18.0 Å². The van der Waals surface area contributed by atoms with Gasteiger partial charge in [0, 0.05) is 12.5 Å². The van der Waals surface area contributed by atoms with Crippen LogP contribution in [0.1, 0.15) is 37.4 Å². The van der Waals surface area contributed by atoms with Crippen molar-refractivity contribution >= 4 is 5.91 Å². The van der Waals surface area contributed by atoms with Crippen molar-refractivity contribution in [3.05, 3.63) is 65.7 Å². The summed E-state index contributed by atoms with van der Waals surface area (Å²) in [6.45, 7) is 4.41. The Balaban J connectivity index is 2.24. The number of carbonyl (C=O) groups is 1. The second kappa shape index (κ2) is 8.34. The number of ether oxygens (including phenoxy) is 1. The van der Waals surface area contributed by atoms with E-state index in [2.05, 4.69) is 5.32 Å². The van der Waals surface area contributed by atoms with Gasteiger partial charge in [0.25, 0.3) is 0 Å². The fourth-order valence-electron chi connectivity index (χ4n) is 2.44. The van der Waals surface area contributed by atoms with Gasteiger partial charge in [-0.3, -0.25) is 4.79 Å². The second-order valence-electron chi connectivity index (χ2n) is 5.59. The Morgan fingerprint density at radius 2 is 1.70 bits per heavy atom. The van der Waals surface area contributed by atoms with Crippen LogP contribution in [0.3, 0.4) is 0 Å². The Morgan fingerprint density at radius 3 is 2.26 bits per heavy atom. The van der Waals surface area contributed by atoms with E-state index in [1.165, 1.54) is 0 Å². The summed E-state index contributed by atoms with van der Waals surface area (Å²) < 4.78 is 5.48. The van der Waals surface area contributed by atoms with E-state index >= 15 is 0 Å². The third kappa shape index (κ3) is 5.11. The molecule has 0 radical (unpaired) electrons. The highest BCUT2D eigenvalue weighted by atomic mass is 16.5. The number of benzene rings is 2. The van der Waals surface area contributed by atoms with Gasteiger partial charge in [0.1, 0.15) is 5.75 Å². The summed E-state index contributed by atoms with van der Waals surface area (Å²) in [5.41, 5.74) is 7.77. The van der Waals surface area contributed by atoms with Gasteiger partial charge in [-0.25, -0.2) is 0 Å². The molecule has 0 aliphatic carbocycles. The Hall–Kier alpha value is -2.33. The van der Waals surface area contributed by atoms with Crippen LogP contribution in [0.15, 0.2) is 54.6 Å². The molecule has 2 rings (SSSR count). The predicted molar refractivity (Wildman–Crippen MR) is 92.3 cm³/mol. The van der Waals surface area contributed by atoms with Crippen LogP contribution in [0.25, 0.3) is 0 Å². The lowest BCUT2D eigenvalue weighted by atomic mass is 9.98. The van der Waals surface area contributed by atoms with Gasteiger partial charge >= 0.3 is 0 Å². The number of carbonyl (C=O) groups excluding carboxylic acids is 1. The average molecular weight is 312 g/mol. The number of rotatable bonds is 7. The molecule has 1 amide bonds. The monoisotopic (exact) mass is 312 g/mol. The van der Waals surface area contributed by atoms with E-state index in [1.54, 1.807) is 0 Å². The molecule has 0 aliphatic rings. The zero-order valence-electron chi connectivity index (χ0n) is 13.7. The Labute approximate surface area is 137 Å². The van der Waals surface area contributed by atoms with E-state index < -0.39 is 0 Å². The van der Waals surface area contributed by atoms with Crippen molar-refractivity contribution in [2.45, 2.75) is 32.4 Å². The zero-order chi connectivity index (χ0) is 16.7. The van der Waals surface area contributed by atoms with Gasteiger partial charge in [-0.1, -0.05) is 42.5 Å². The van der Waals surface area contributed by atoms with Crippen LogP contribution in [-0.2, 0) is 4.79 Å². The van der Waals surface area contributed by atoms with E-state index in [0.29, 0.717) is 13.0 Å². The summed E-state index contributed by atoms with van der Waals surface area (Å²) in [7, 11) is 0. The van der Waals surface area contributed by atoms with Crippen LogP contribution in [0.2, 0.25) is 0 Å². The molecule has 0 heterocycles. The van der Waals surface area contributed by atoms with Gasteiger partial charge in [0.2, 0.25) is 5.91 Å².